The zero-order valence-corrected chi connectivity index (χ0v) is 18.4. The molecule has 3 N–H and O–H groups in total. The van der Waals surface area contributed by atoms with Gasteiger partial charge in [-0.3, -0.25) is 9.59 Å². The van der Waals surface area contributed by atoms with Gasteiger partial charge in [0.2, 0.25) is 21.8 Å². The quantitative estimate of drug-likeness (QED) is 0.629. The van der Waals surface area contributed by atoms with Gasteiger partial charge in [-0.2, -0.15) is 9.57 Å². The summed E-state index contributed by atoms with van der Waals surface area (Å²) < 4.78 is 26.2. The van der Waals surface area contributed by atoms with E-state index in [0.29, 0.717) is 23.6 Å². The van der Waals surface area contributed by atoms with Crippen molar-refractivity contribution < 1.29 is 18.0 Å². The summed E-state index contributed by atoms with van der Waals surface area (Å²) in [5.74, 6) is -0.377. The van der Waals surface area contributed by atoms with Gasteiger partial charge in [-0.25, -0.2) is 13.4 Å². The number of nitrogens with one attached hydrogen (secondary N) is 1. The van der Waals surface area contributed by atoms with Gasteiger partial charge in [-0.15, -0.1) is 0 Å². The maximum absolute atomic E-state index is 12.6. The number of aromatic nitrogens is 1. The van der Waals surface area contributed by atoms with Crippen molar-refractivity contribution in [3.8, 4) is 6.07 Å². The molecule has 1 atom stereocenters. The average Bonchev–Trinajstić information content (AvgIpc) is 2.79. The molecule has 1 unspecified atom stereocenters. The van der Waals surface area contributed by atoms with Gasteiger partial charge in [-0.1, -0.05) is 0 Å². The molecule has 1 aromatic heterocycles. The molecule has 0 saturated carbocycles. The standard InChI is InChI=1S/C21H24N6O4S/c1-26(32(30,31)18-7-4-15(11-22)5-8-18)14-20(28)25-17-6-9-19(24-12-17)27-10-2-3-16(13-27)21(23)29/h4-9,12,16H,2-3,10,13-14H2,1H3,(H2,23,29)(H,25,28). The summed E-state index contributed by atoms with van der Waals surface area (Å²) in [6, 6.07) is 10.8. The summed E-state index contributed by atoms with van der Waals surface area (Å²) >= 11 is 0. The number of hydrogen-bond donors (Lipinski definition) is 2. The second-order valence-corrected chi connectivity index (χ2v) is 9.58. The van der Waals surface area contributed by atoms with Crippen molar-refractivity contribution in [1.82, 2.24) is 9.29 Å². The molecule has 1 fully saturated rings. The summed E-state index contributed by atoms with van der Waals surface area (Å²) in [5.41, 5.74) is 6.18. The van der Waals surface area contributed by atoms with Crippen LogP contribution in [0.1, 0.15) is 18.4 Å². The lowest BCUT2D eigenvalue weighted by Crippen LogP contribution is -2.41. The number of anilines is 2. The van der Waals surface area contributed by atoms with Gasteiger partial charge in [0.15, 0.2) is 0 Å². The Morgan fingerprint density at radius 3 is 2.59 bits per heavy atom. The molecule has 32 heavy (non-hydrogen) atoms. The van der Waals surface area contributed by atoms with Crippen molar-refractivity contribution in [1.29, 1.82) is 5.26 Å². The van der Waals surface area contributed by atoms with Gasteiger partial charge in [0.25, 0.3) is 0 Å². The highest BCUT2D eigenvalue weighted by molar-refractivity contribution is 7.89. The first-order valence-corrected chi connectivity index (χ1v) is 11.4. The number of carbonyl (C=O) groups excluding carboxylic acids is 2. The van der Waals surface area contributed by atoms with Crippen LogP contribution in [0.3, 0.4) is 0 Å². The first-order chi connectivity index (χ1) is 15.2. The minimum atomic E-state index is -3.88. The number of primary amides is 1. The van der Waals surface area contributed by atoms with E-state index in [9.17, 15) is 18.0 Å². The van der Waals surface area contributed by atoms with Gasteiger partial charge in [0, 0.05) is 20.1 Å². The van der Waals surface area contributed by atoms with E-state index in [1.54, 1.807) is 12.1 Å². The average molecular weight is 457 g/mol. The van der Waals surface area contributed by atoms with E-state index in [4.69, 9.17) is 11.0 Å². The summed E-state index contributed by atoms with van der Waals surface area (Å²) in [7, 11) is -2.58. The van der Waals surface area contributed by atoms with E-state index in [-0.39, 0.29) is 16.7 Å². The van der Waals surface area contributed by atoms with E-state index < -0.39 is 22.5 Å². The van der Waals surface area contributed by atoms with Crippen molar-refractivity contribution in [3.63, 3.8) is 0 Å². The molecule has 0 radical (unpaired) electrons. The molecule has 2 aromatic rings. The molecular weight excluding hydrogens is 432 g/mol. The van der Waals surface area contributed by atoms with Crippen LogP contribution in [0.2, 0.25) is 0 Å². The smallest absolute Gasteiger partial charge is 0.243 e. The highest BCUT2D eigenvalue weighted by Gasteiger charge is 2.25. The van der Waals surface area contributed by atoms with Crippen LogP contribution in [0.25, 0.3) is 0 Å². The van der Waals surface area contributed by atoms with Crippen molar-refractivity contribution in [2.24, 2.45) is 11.7 Å². The van der Waals surface area contributed by atoms with Gasteiger partial charge in [0.05, 0.1) is 40.9 Å². The van der Waals surface area contributed by atoms with Crippen molar-refractivity contribution in [3.05, 3.63) is 48.2 Å². The number of rotatable bonds is 7. The predicted octanol–water partition coefficient (Wildman–Crippen LogP) is 0.914. The lowest BCUT2D eigenvalue weighted by atomic mass is 9.97. The molecule has 0 spiro atoms. The van der Waals surface area contributed by atoms with E-state index >= 15 is 0 Å². The van der Waals surface area contributed by atoms with Gasteiger partial charge in [0.1, 0.15) is 5.82 Å². The van der Waals surface area contributed by atoms with E-state index in [2.05, 4.69) is 10.3 Å². The molecule has 1 saturated heterocycles. The minimum absolute atomic E-state index is 0.00591. The third kappa shape index (κ3) is 5.40. The largest absolute Gasteiger partial charge is 0.369 e. The number of nitriles is 1. The molecule has 168 valence electrons. The Hall–Kier alpha value is -3.49. The molecular formula is C21H24N6O4S. The van der Waals surface area contributed by atoms with Gasteiger partial charge in [-0.05, 0) is 49.2 Å². The highest BCUT2D eigenvalue weighted by atomic mass is 32.2. The summed E-state index contributed by atoms with van der Waals surface area (Å²) in [4.78, 5) is 30.1. The fourth-order valence-electron chi connectivity index (χ4n) is 3.43. The lowest BCUT2D eigenvalue weighted by molar-refractivity contribution is -0.122. The summed E-state index contributed by atoms with van der Waals surface area (Å²) in [6.07, 6.45) is 3.09. The second kappa shape index (κ2) is 9.76. The first-order valence-electron chi connectivity index (χ1n) is 9.97. The number of sulfonamides is 1. The van der Waals surface area contributed by atoms with Crippen LogP contribution in [-0.4, -0.2) is 56.2 Å². The van der Waals surface area contributed by atoms with Crippen LogP contribution in [0.15, 0.2) is 47.5 Å². The number of hydrogen-bond acceptors (Lipinski definition) is 7. The van der Waals surface area contributed by atoms with Gasteiger partial charge < -0.3 is 16.0 Å². The number of likely N-dealkylation sites (N-methyl/N-ethyl adjacent to an activating group) is 1. The lowest BCUT2D eigenvalue weighted by Gasteiger charge is -2.32. The first kappa shape index (κ1) is 23.2. The van der Waals surface area contributed by atoms with Crippen LogP contribution in [0, 0.1) is 17.2 Å². The summed E-state index contributed by atoms with van der Waals surface area (Å²) in [6.45, 7) is 0.878. The van der Waals surface area contributed by atoms with E-state index in [1.165, 1.54) is 37.5 Å². The zero-order valence-electron chi connectivity index (χ0n) is 17.6. The third-order valence-electron chi connectivity index (χ3n) is 5.24. The normalized spacial score (nSPS) is 16.4. The maximum atomic E-state index is 12.6. The topological polar surface area (TPSA) is 149 Å². The second-order valence-electron chi connectivity index (χ2n) is 7.54. The molecule has 2 amide bonds. The fourth-order valence-corrected chi connectivity index (χ4v) is 4.56. The summed E-state index contributed by atoms with van der Waals surface area (Å²) in [5, 5.41) is 11.5. The number of benzene rings is 1. The molecule has 1 aliphatic rings. The molecule has 1 aromatic carbocycles. The number of piperidine rings is 1. The van der Waals surface area contributed by atoms with Crippen molar-refractivity contribution in [2.75, 3.05) is 36.9 Å². The van der Waals surface area contributed by atoms with Crippen molar-refractivity contribution >= 4 is 33.3 Å². The number of carbonyl (C=O) groups is 2. The third-order valence-corrected chi connectivity index (χ3v) is 7.05. The van der Waals surface area contributed by atoms with Gasteiger partial charge >= 0.3 is 0 Å². The minimum Gasteiger partial charge on any atom is -0.369 e. The highest BCUT2D eigenvalue weighted by Crippen LogP contribution is 2.22. The monoisotopic (exact) mass is 456 g/mol. The number of pyridine rings is 1. The molecule has 10 nitrogen and oxygen atoms in total. The van der Waals surface area contributed by atoms with Crippen molar-refractivity contribution in [2.45, 2.75) is 17.7 Å². The Balaban J connectivity index is 1.59. The van der Waals surface area contributed by atoms with Crippen LogP contribution in [0.4, 0.5) is 11.5 Å². The van der Waals surface area contributed by atoms with E-state index in [1.807, 2.05) is 11.0 Å². The Labute approximate surface area is 186 Å². The zero-order chi connectivity index (χ0) is 23.3. The number of amides is 2. The number of nitrogens with zero attached hydrogens (tertiary/aromatic N) is 4. The predicted molar refractivity (Wildman–Crippen MR) is 118 cm³/mol. The fraction of sp³-hybridized carbons (Fsp3) is 0.333. The van der Waals surface area contributed by atoms with Crippen LogP contribution in [0.5, 0.6) is 0 Å². The Morgan fingerprint density at radius 2 is 2.00 bits per heavy atom. The number of nitrogens with two attached hydrogens (primary N) is 1. The Morgan fingerprint density at radius 1 is 1.28 bits per heavy atom. The van der Waals surface area contributed by atoms with Crippen LogP contribution in [-0.2, 0) is 19.6 Å². The Kier molecular flexibility index (Phi) is 7.07. The Bertz CT molecular complexity index is 1130. The molecule has 0 bridgehead atoms. The molecule has 2 heterocycles. The van der Waals surface area contributed by atoms with Crippen LogP contribution < -0.4 is 16.0 Å². The molecule has 1 aliphatic heterocycles. The molecule has 3 rings (SSSR count). The molecule has 11 heteroatoms. The molecule has 0 aliphatic carbocycles. The maximum Gasteiger partial charge on any atom is 0.243 e. The van der Waals surface area contributed by atoms with Crippen LogP contribution >= 0.6 is 0 Å². The van der Waals surface area contributed by atoms with E-state index in [0.717, 1.165) is 23.7 Å². The SMILES string of the molecule is CN(CC(=O)Nc1ccc(N2CCCC(C(N)=O)C2)nc1)S(=O)(=O)c1ccc(C#N)cc1.